The highest BCUT2D eigenvalue weighted by atomic mass is 19.4. The van der Waals surface area contributed by atoms with E-state index in [0.29, 0.717) is 24.9 Å². The number of halogens is 3. The lowest BCUT2D eigenvalue weighted by atomic mass is 10.0. The van der Waals surface area contributed by atoms with Crippen molar-refractivity contribution in [2.24, 2.45) is 0 Å². The molecule has 2 aromatic carbocycles. The largest absolute Gasteiger partial charge is 0.573 e. The topological polar surface area (TPSA) is 91.1 Å². The first-order valence-corrected chi connectivity index (χ1v) is 10.1. The van der Waals surface area contributed by atoms with Gasteiger partial charge in [-0.1, -0.05) is 0 Å². The molecule has 1 saturated heterocycles. The molecule has 1 amide bonds. The van der Waals surface area contributed by atoms with Gasteiger partial charge in [-0.05, 0) is 63.9 Å². The van der Waals surface area contributed by atoms with Crippen LogP contribution < -0.4 is 9.47 Å². The quantitative estimate of drug-likeness (QED) is 0.375. The van der Waals surface area contributed by atoms with Gasteiger partial charge in [-0.3, -0.25) is 10.1 Å². The highest BCUT2D eigenvalue weighted by molar-refractivity contribution is 5.69. The molecular weight excluding hydrogens is 445 g/mol. The molecule has 0 aromatic heterocycles. The van der Waals surface area contributed by atoms with Gasteiger partial charge >= 0.3 is 12.5 Å². The van der Waals surface area contributed by atoms with Crippen LogP contribution in [0.3, 0.4) is 0 Å². The van der Waals surface area contributed by atoms with E-state index < -0.39 is 34.8 Å². The Bertz CT molecular complexity index is 1020. The average Bonchev–Trinajstić information content (AvgIpc) is 3.17. The summed E-state index contributed by atoms with van der Waals surface area (Å²) in [5.41, 5.74) is -0.488. The van der Waals surface area contributed by atoms with Crippen LogP contribution in [-0.4, -0.2) is 34.4 Å². The number of hydrogen-bond acceptors (Lipinski definition) is 6. The number of carbonyl (C=O) groups is 1. The smallest absolute Gasteiger partial charge is 0.457 e. The Morgan fingerprint density at radius 1 is 1.09 bits per heavy atom. The lowest BCUT2D eigenvalue weighted by molar-refractivity contribution is -0.385. The fraction of sp³-hybridized carbons (Fsp3) is 0.409. The minimum Gasteiger partial charge on any atom is -0.457 e. The summed E-state index contributed by atoms with van der Waals surface area (Å²) in [6.45, 7) is 5.63. The molecule has 33 heavy (non-hydrogen) atoms. The van der Waals surface area contributed by atoms with E-state index >= 15 is 0 Å². The molecule has 178 valence electrons. The molecule has 1 aliphatic rings. The first kappa shape index (κ1) is 24.1. The Morgan fingerprint density at radius 3 is 2.30 bits per heavy atom. The Morgan fingerprint density at radius 2 is 1.73 bits per heavy atom. The van der Waals surface area contributed by atoms with E-state index in [2.05, 4.69) is 4.74 Å². The van der Waals surface area contributed by atoms with Gasteiger partial charge in [0.1, 0.15) is 22.8 Å². The van der Waals surface area contributed by atoms with Crippen LogP contribution in [0.1, 0.15) is 45.2 Å². The third-order valence-electron chi connectivity index (χ3n) is 4.73. The second-order valence-electron chi connectivity index (χ2n) is 8.43. The molecule has 0 saturated carbocycles. The molecule has 8 nitrogen and oxygen atoms in total. The molecule has 1 fully saturated rings. The lowest BCUT2D eigenvalue weighted by Gasteiger charge is -2.29. The minimum atomic E-state index is -4.82. The van der Waals surface area contributed by atoms with E-state index in [4.69, 9.17) is 9.47 Å². The summed E-state index contributed by atoms with van der Waals surface area (Å²) in [6, 6.07) is 8.23. The predicted octanol–water partition coefficient (Wildman–Crippen LogP) is 6.36. The van der Waals surface area contributed by atoms with Crippen LogP contribution in [0.5, 0.6) is 17.2 Å². The van der Waals surface area contributed by atoms with E-state index in [1.165, 1.54) is 35.2 Å². The SMILES string of the molecule is CC(C)(C)OC(=O)N1CCCC1c1cc([N+](=O)[O-])ccc1Oc1ccc(OC(F)(F)F)cc1. The molecule has 0 N–H and O–H groups in total. The van der Waals surface area contributed by atoms with Gasteiger partial charge in [0, 0.05) is 24.2 Å². The number of ether oxygens (including phenoxy) is 3. The number of hydrogen-bond donors (Lipinski definition) is 0. The zero-order valence-electron chi connectivity index (χ0n) is 18.2. The maximum atomic E-state index is 12.7. The summed E-state index contributed by atoms with van der Waals surface area (Å²) in [4.78, 5) is 25.0. The second kappa shape index (κ2) is 9.16. The molecule has 1 heterocycles. The van der Waals surface area contributed by atoms with Crippen LogP contribution in [0.2, 0.25) is 0 Å². The van der Waals surface area contributed by atoms with Crippen molar-refractivity contribution in [3.63, 3.8) is 0 Å². The number of benzene rings is 2. The van der Waals surface area contributed by atoms with E-state index in [1.54, 1.807) is 20.8 Å². The molecule has 1 unspecified atom stereocenters. The zero-order valence-corrected chi connectivity index (χ0v) is 18.2. The Hall–Kier alpha value is -3.50. The normalized spacial score (nSPS) is 16.4. The number of non-ortho nitro benzene ring substituents is 1. The maximum Gasteiger partial charge on any atom is 0.573 e. The van der Waals surface area contributed by atoms with Gasteiger partial charge in [0.05, 0.1) is 11.0 Å². The van der Waals surface area contributed by atoms with E-state index in [-0.39, 0.29) is 17.2 Å². The first-order chi connectivity index (χ1) is 15.3. The fourth-order valence-corrected chi connectivity index (χ4v) is 3.47. The molecular formula is C22H23F3N2O6. The van der Waals surface area contributed by atoms with Crippen molar-refractivity contribution in [1.82, 2.24) is 4.90 Å². The van der Waals surface area contributed by atoms with E-state index in [1.807, 2.05) is 0 Å². The van der Waals surface area contributed by atoms with E-state index in [0.717, 1.165) is 12.1 Å². The molecule has 1 aliphatic heterocycles. The predicted molar refractivity (Wildman–Crippen MR) is 111 cm³/mol. The fourth-order valence-electron chi connectivity index (χ4n) is 3.47. The van der Waals surface area contributed by atoms with Gasteiger partial charge in [0.2, 0.25) is 0 Å². The van der Waals surface area contributed by atoms with Crippen molar-refractivity contribution < 1.29 is 37.1 Å². The number of rotatable bonds is 5. The van der Waals surface area contributed by atoms with Gasteiger partial charge in [0.15, 0.2) is 0 Å². The summed E-state index contributed by atoms with van der Waals surface area (Å²) < 4.78 is 52.3. The van der Waals surface area contributed by atoms with Crippen LogP contribution in [-0.2, 0) is 4.74 Å². The van der Waals surface area contributed by atoms with Gasteiger partial charge < -0.3 is 19.1 Å². The van der Waals surface area contributed by atoms with Crippen molar-refractivity contribution in [2.45, 2.75) is 51.6 Å². The molecule has 11 heteroatoms. The van der Waals surface area contributed by atoms with Crippen molar-refractivity contribution in [2.75, 3.05) is 6.54 Å². The highest BCUT2D eigenvalue weighted by Crippen LogP contribution is 2.41. The first-order valence-electron chi connectivity index (χ1n) is 10.1. The number of alkyl halides is 3. The van der Waals surface area contributed by atoms with Crippen molar-refractivity contribution in [1.29, 1.82) is 0 Å². The lowest BCUT2D eigenvalue weighted by Crippen LogP contribution is -2.36. The number of nitro groups is 1. The van der Waals surface area contributed by atoms with Crippen LogP contribution in [0, 0.1) is 10.1 Å². The zero-order chi connectivity index (χ0) is 24.4. The van der Waals surface area contributed by atoms with Gasteiger partial charge in [0.25, 0.3) is 5.69 Å². The van der Waals surface area contributed by atoms with Crippen molar-refractivity contribution >= 4 is 11.8 Å². The molecule has 3 rings (SSSR count). The molecule has 2 aromatic rings. The Kier molecular flexibility index (Phi) is 6.71. The van der Waals surface area contributed by atoms with Crippen LogP contribution in [0.15, 0.2) is 42.5 Å². The maximum absolute atomic E-state index is 12.7. The second-order valence-corrected chi connectivity index (χ2v) is 8.43. The number of nitro benzene ring substituents is 1. The monoisotopic (exact) mass is 468 g/mol. The summed E-state index contributed by atoms with van der Waals surface area (Å²) in [6.07, 6.45) is -4.16. The Balaban J connectivity index is 1.90. The average molecular weight is 468 g/mol. The number of amides is 1. The van der Waals surface area contributed by atoms with E-state index in [9.17, 15) is 28.1 Å². The minimum absolute atomic E-state index is 0.178. The molecule has 0 radical (unpaired) electrons. The molecule has 1 atom stereocenters. The van der Waals surface area contributed by atoms with Crippen molar-refractivity contribution in [3.8, 4) is 17.2 Å². The third-order valence-corrected chi connectivity index (χ3v) is 4.73. The number of carbonyl (C=O) groups excluding carboxylic acids is 1. The number of likely N-dealkylation sites (tertiary alicyclic amines) is 1. The van der Waals surface area contributed by atoms with Crippen LogP contribution in [0.25, 0.3) is 0 Å². The van der Waals surface area contributed by atoms with Crippen molar-refractivity contribution in [3.05, 3.63) is 58.1 Å². The van der Waals surface area contributed by atoms with Crippen LogP contribution in [0.4, 0.5) is 23.7 Å². The molecule has 0 spiro atoms. The standard InChI is InChI=1S/C22H23F3N2O6/c1-21(2,3)33-20(28)26-12-4-5-18(26)17-13-14(27(29)30)6-11-19(17)31-15-7-9-16(10-8-15)32-22(23,24)25/h6-11,13,18H,4-5,12H2,1-3H3. The van der Waals surface area contributed by atoms with Gasteiger partial charge in [-0.15, -0.1) is 13.2 Å². The van der Waals surface area contributed by atoms with Gasteiger partial charge in [-0.2, -0.15) is 0 Å². The molecule has 0 bridgehead atoms. The third kappa shape index (κ3) is 6.50. The highest BCUT2D eigenvalue weighted by Gasteiger charge is 2.36. The summed E-state index contributed by atoms with van der Waals surface area (Å²) in [5, 5.41) is 11.3. The molecule has 0 aliphatic carbocycles. The van der Waals surface area contributed by atoms with Gasteiger partial charge in [-0.25, -0.2) is 4.79 Å². The number of nitrogens with zero attached hydrogens (tertiary/aromatic N) is 2. The summed E-state index contributed by atoms with van der Waals surface area (Å²) in [5.74, 6) is 0.0256. The summed E-state index contributed by atoms with van der Waals surface area (Å²) >= 11 is 0. The summed E-state index contributed by atoms with van der Waals surface area (Å²) in [7, 11) is 0. The Labute approximate surface area is 188 Å². The van der Waals surface area contributed by atoms with Crippen LogP contribution >= 0.6 is 0 Å².